The minimum absolute atomic E-state index is 0.107. The molecule has 2 N–H and O–H groups in total. The zero-order valence-corrected chi connectivity index (χ0v) is 12.7. The Morgan fingerprint density at radius 1 is 1.50 bits per heavy atom. The van der Waals surface area contributed by atoms with Crippen LogP contribution in [-0.4, -0.2) is 38.9 Å². The van der Waals surface area contributed by atoms with Crippen molar-refractivity contribution >= 4 is 11.8 Å². The third-order valence-corrected chi connectivity index (χ3v) is 3.27. The smallest absolute Gasteiger partial charge is 0.407 e. The molecular weight excluding hydrogens is 290 g/mol. The molecule has 22 heavy (non-hydrogen) atoms. The van der Waals surface area contributed by atoms with Crippen molar-refractivity contribution in [2.45, 2.75) is 51.4 Å². The maximum atomic E-state index is 11.8. The van der Waals surface area contributed by atoms with Crippen LogP contribution in [0.4, 0.5) is 10.5 Å². The molecule has 0 aromatic carbocycles. The number of nitrogens with zero attached hydrogens (tertiary/aromatic N) is 2. The Morgan fingerprint density at radius 2 is 2.18 bits per heavy atom. The van der Waals surface area contributed by atoms with Crippen molar-refractivity contribution in [2.75, 3.05) is 0 Å². The minimum atomic E-state index is -0.844. The quantitative estimate of drug-likeness (QED) is 0.629. The van der Waals surface area contributed by atoms with E-state index in [-0.39, 0.29) is 12.1 Å². The van der Waals surface area contributed by atoms with Gasteiger partial charge in [0.25, 0.3) is 5.69 Å². The molecule has 0 spiro atoms. The number of aliphatic hydroxyl groups is 1. The van der Waals surface area contributed by atoms with Crippen molar-refractivity contribution in [3.63, 3.8) is 0 Å². The summed E-state index contributed by atoms with van der Waals surface area (Å²) in [5, 5.41) is 23.5. The Morgan fingerprint density at radius 3 is 2.77 bits per heavy atom. The van der Waals surface area contributed by atoms with Crippen LogP contribution in [0.5, 0.6) is 0 Å². The number of pyridine rings is 1. The molecule has 8 heteroatoms. The number of nitro groups is 1. The van der Waals surface area contributed by atoms with Crippen LogP contribution in [0.15, 0.2) is 12.3 Å². The average molecular weight is 309 g/mol. The van der Waals surface area contributed by atoms with Crippen molar-refractivity contribution < 1.29 is 19.6 Å². The summed E-state index contributed by atoms with van der Waals surface area (Å²) in [4.78, 5) is 26.1. The number of aromatic nitrogens is 1. The monoisotopic (exact) mass is 309 g/mol. The summed E-state index contributed by atoms with van der Waals surface area (Å²) in [5.74, 6) is 0. The van der Waals surface area contributed by atoms with Gasteiger partial charge in [-0.2, -0.15) is 0 Å². The molecule has 1 aliphatic rings. The number of rotatable bonds is 2. The van der Waals surface area contributed by atoms with Crippen LogP contribution in [0.1, 0.15) is 32.0 Å². The maximum Gasteiger partial charge on any atom is 0.407 e. The standard InChI is InChI=1S/C14H19N3O5/c1-14(2,3)22-13(19)16-11-6-10-8(5-12(11)18)4-9(7-15-10)17(20)21/h4,7,11-12,18H,5-6H2,1-3H3,(H,16,19). The van der Waals surface area contributed by atoms with Gasteiger partial charge in [0, 0.05) is 24.6 Å². The van der Waals surface area contributed by atoms with Crippen LogP contribution in [-0.2, 0) is 17.6 Å². The molecule has 0 aliphatic heterocycles. The molecule has 1 heterocycles. The Kier molecular flexibility index (Phi) is 4.32. The second-order valence-electron chi connectivity index (χ2n) is 6.28. The van der Waals surface area contributed by atoms with Crippen molar-refractivity contribution in [3.8, 4) is 0 Å². The summed E-state index contributed by atoms with van der Waals surface area (Å²) in [6.07, 6.45) is 0.227. The topological polar surface area (TPSA) is 115 Å². The lowest BCUT2D eigenvalue weighted by Gasteiger charge is -2.30. The summed E-state index contributed by atoms with van der Waals surface area (Å²) >= 11 is 0. The SMILES string of the molecule is CC(C)(C)OC(=O)NC1Cc2ncc([N+](=O)[O-])cc2CC1O. The molecule has 2 atom stereocenters. The first-order valence-electron chi connectivity index (χ1n) is 6.95. The van der Waals surface area contributed by atoms with E-state index >= 15 is 0 Å². The Labute approximate surface area is 127 Å². The van der Waals surface area contributed by atoms with Gasteiger partial charge >= 0.3 is 6.09 Å². The molecule has 8 nitrogen and oxygen atoms in total. The lowest BCUT2D eigenvalue weighted by Crippen LogP contribution is -2.49. The van der Waals surface area contributed by atoms with Crippen molar-refractivity contribution in [1.82, 2.24) is 10.3 Å². The van der Waals surface area contributed by atoms with Crippen molar-refractivity contribution in [2.24, 2.45) is 0 Å². The van der Waals surface area contributed by atoms with Crippen LogP contribution in [0.25, 0.3) is 0 Å². The van der Waals surface area contributed by atoms with Gasteiger partial charge < -0.3 is 15.2 Å². The fourth-order valence-corrected chi connectivity index (χ4v) is 2.30. The summed E-state index contributed by atoms with van der Waals surface area (Å²) in [6, 6.07) is 0.881. The van der Waals surface area contributed by atoms with Gasteiger partial charge in [0.05, 0.1) is 17.1 Å². The van der Waals surface area contributed by atoms with Gasteiger partial charge in [0.1, 0.15) is 11.8 Å². The molecule has 2 unspecified atom stereocenters. The Hall–Kier alpha value is -2.22. The number of alkyl carbamates (subject to hydrolysis) is 1. The molecule has 1 aliphatic carbocycles. The van der Waals surface area contributed by atoms with Gasteiger partial charge in [0.15, 0.2) is 0 Å². The predicted octanol–water partition coefficient (Wildman–Crippen LogP) is 1.34. The molecule has 1 aromatic heterocycles. The second kappa shape index (κ2) is 5.88. The number of ether oxygens (including phenoxy) is 1. The van der Waals surface area contributed by atoms with Crippen LogP contribution in [0.2, 0.25) is 0 Å². The molecule has 0 saturated carbocycles. The first-order valence-corrected chi connectivity index (χ1v) is 6.95. The molecule has 0 fully saturated rings. The number of carbonyl (C=O) groups is 1. The van der Waals surface area contributed by atoms with Crippen LogP contribution >= 0.6 is 0 Å². The van der Waals surface area contributed by atoms with E-state index in [0.717, 1.165) is 0 Å². The molecule has 2 rings (SSSR count). The Balaban J connectivity index is 2.09. The highest BCUT2D eigenvalue weighted by atomic mass is 16.6. The van der Waals surface area contributed by atoms with E-state index < -0.39 is 28.8 Å². The molecule has 120 valence electrons. The van der Waals surface area contributed by atoms with E-state index in [0.29, 0.717) is 17.7 Å². The molecule has 1 aromatic rings. The number of hydrogen-bond donors (Lipinski definition) is 2. The summed E-state index contributed by atoms with van der Waals surface area (Å²) < 4.78 is 5.16. The summed E-state index contributed by atoms with van der Waals surface area (Å²) in [6.45, 7) is 5.25. The number of amides is 1. The first kappa shape index (κ1) is 16.2. The molecular formula is C14H19N3O5. The van der Waals surface area contributed by atoms with E-state index in [1.807, 2.05) is 0 Å². The lowest BCUT2D eigenvalue weighted by molar-refractivity contribution is -0.385. The fraction of sp³-hybridized carbons (Fsp3) is 0.571. The van der Waals surface area contributed by atoms with Gasteiger partial charge in [-0.3, -0.25) is 15.1 Å². The average Bonchev–Trinajstić information content (AvgIpc) is 2.36. The molecule has 0 bridgehead atoms. The van der Waals surface area contributed by atoms with Gasteiger partial charge in [-0.15, -0.1) is 0 Å². The number of carbonyl (C=O) groups excluding carboxylic acids is 1. The number of nitrogens with one attached hydrogen (secondary N) is 1. The third kappa shape index (κ3) is 3.91. The second-order valence-corrected chi connectivity index (χ2v) is 6.28. The highest BCUT2D eigenvalue weighted by Gasteiger charge is 2.31. The summed E-state index contributed by atoms with van der Waals surface area (Å²) in [7, 11) is 0. The number of fused-ring (bicyclic) bond motifs is 1. The van der Waals surface area contributed by atoms with Gasteiger partial charge in [-0.25, -0.2) is 4.79 Å². The van der Waals surface area contributed by atoms with Gasteiger partial charge in [0.2, 0.25) is 0 Å². The van der Waals surface area contributed by atoms with Crippen LogP contribution < -0.4 is 5.32 Å². The Bertz CT molecular complexity index is 597. The lowest BCUT2D eigenvalue weighted by atomic mass is 9.89. The normalized spacial score (nSPS) is 20.9. The van der Waals surface area contributed by atoms with Crippen molar-refractivity contribution in [1.29, 1.82) is 0 Å². The number of hydrogen-bond acceptors (Lipinski definition) is 6. The van der Waals surface area contributed by atoms with E-state index in [2.05, 4.69) is 10.3 Å². The maximum absolute atomic E-state index is 11.8. The van der Waals surface area contributed by atoms with Gasteiger partial charge in [-0.1, -0.05) is 0 Å². The zero-order valence-electron chi connectivity index (χ0n) is 12.7. The fourth-order valence-electron chi connectivity index (χ4n) is 2.30. The first-order chi connectivity index (χ1) is 10.2. The van der Waals surface area contributed by atoms with Crippen molar-refractivity contribution in [3.05, 3.63) is 33.6 Å². The zero-order chi connectivity index (χ0) is 16.5. The third-order valence-electron chi connectivity index (χ3n) is 3.27. The predicted molar refractivity (Wildman–Crippen MR) is 77.5 cm³/mol. The highest BCUT2D eigenvalue weighted by Crippen LogP contribution is 2.24. The largest absolute Gasteiger partial charge is 0.444 e. The van der Waals surface area contributed by atoms with E-state index in [9.17, 15) is 20.0 Å². The van der Waals surface area contributed by atoms with Crippen LogP contribution in [0.3, 0.4) is 0 Å². The molecule has 1 amide bonds. The van der Waals surface area contributed by atoms with E-state index in [1.165, 1.54) is 12.3 Å². The highest BCUT2D eigenvalue weighted by molar-refractivity contribution is 5.68. The molecule has 0 radical (unpaired) electrons. The van der Waals surface area contributed by atoms with Crippen LogP contribution in [0, 0.1) is 10.1 Å². The molecule has 0 saturated heterocycles. The summed E-state index contributed by atoms with van der Waals surface area (Å²) in [5.41, 5.74) is 0.533. The van der Waals surface area contributed by atoms with E-state index in [4.69, 9.17) is 4.74 Å². The van der Waals surface area contributed by atoms with Gasteiger partial charge in [-0.05, 0) is 26.3 Å². The number of aliphatic hydroxyl groups excluding tert-OH is 1. The van der Waals surface area contributed by atoms with E-state index in [1.54, 1.807) is 20.8 Å². The minimum Gasteiger partial charge on any atom is -0.444 e.